The average Bonchev–Trinajstić information content (AvgIpc) is 3.44. The first-order chi connectivity index (χ1) is 14.2. The van der Waals surface area contributed by atoms with Crippen molar-refractivity contribution in [3.8, 4) is 5.88 Å². The molecule has 0 unspecified atom stereocenters. The second-order valence-corrected chi connectivity index (χ2v) is 9.57. The van der Waals surface area contributed by atoms with E-state index >= 15 is 0 Å². The molecule has 1 fully saturated rings. The summed E-state index contributed by atoms with van der Waals surface area (Å²) >= 11 is 0.712. The monoisotopic (exact) mass is 527 g/mol. The van der Waals surface area contributed by atoms with Gasteiger partial charge in [0, 0.05) is 35.5 Å². The SMILES string of the molecule is COc1ccc(C(=O)Nc2nc(C3=IC=CO3)c(C(=O)C3CCOCC3)s2)cn1. The van der Waals surface area contributed by atoms with Crippen molar-refractivity contribution in [1.82, 2.24) is 9.97 Å². The Bertz CT molecular complexity index is 980. The van der Waals surface area contributed by atoms with Gasteiger partial charge in [0.2, 0.25) is 5.88 Å². The third kappa shape index (κ3) is 4.54. The van der Waals surface area contributed by atoms with Gasteiger partial charge in [-0.25, -0.2) is 9.97 Å². The Hall–Kier alpha value is -2.18. The molecular formula is C19H18IN3O5S. The number of ketones is 1. The van der Waals surface area contributed by atoms with Gasteiger partial charge in [-0.2, -0.15) is 0 Å². The van der Waals surface area contributed by atoms with Crippen LogP contribution in [0.2, 0.25) is 0 Å². The molecule has 1 amide bonds. The maximum absolute atomic E-state index is 13.1. The van der Waals surface area contributed by atoms with Gasteiger partial charge in [0.25, 0.3) is 5.91 Å². The second-order valence-electron chi connectivity index (χ2n) is 6.25. The number of nitrogens with zero attached hydrogens (tertiary/aromatic N) is 2. The zero-order valence-electron chi connectivity index (χ0n) is 15.5. The molecule has 0 aliphatic carbocycles. The van der Waals surface area contributed by atoms with Gasteiger partial charge < -0.3 is 14.2 Å². The summed E-state index contributed by atoms with van der Waals surface area (Å²) < 4.78 is 18.6. The summed E-state index contributed by atoms with van der Waals surface area (Å²) in [5, 5.41) is 3.14. The molecule has 29 heavy (non-hydrogen) atoms. The molecule has 8 nitrogen and oxygen atoms in total. The molecule has 1 N–H and O–H groups in total. The zero-order chi connectivity index (χ0) is 20.2. The van der Waals surface area contributed by atoms with Crippen LogP contribution in [-0.4, -0.2) is 45.7 Å². The normalized spacial score (nSPS) is 16.5. The summed E-state index contributed by atoms with van der Waals surface area (Å²) in [6, 6.07) is 3.23. The van der Waals surface area contributed by atoms with E-state index in [4.69, 9.17) is 14.2 Å². The highest BCUT2D eigenvalue weighted by Gasteiger charge is 2.30. The Morgan fingerprint density at radius 3 is 2.79 bits per heavy atom. The van der Waals surface area contributed by atoms with E-state index in [9.17, 15) is 9.59 Å². The molecule has 10 heteroatoms. The molecule has 0 radical (unpaired) electrons. The van der Waals surface area contributed by atoms with Crippen molar-refractivity contribution < 1.29 is 23.8 Å². The summed E-state index contributed by atoms with van der Waals surface area (Å²) in [7, 11) is 1.51. The number of ether oxygens (including phenoxy) is 3. The van der Waals surface area contributed by atoms with Gasteiger partial charge in [0.1, 0.15) is 10.6 Å². The van der Waals surface area contributed by atoms with E-state index in [0.717, 1.165) is 3.69 Å². The standard InChI is InChI=1S/C19H18IN3O5S/c1-26-13-3-2-12(10-21-13)18(25)23-19-22-14(17-20-6-9-28-17)16(29-19)15(24)11-4-7-27-8-5-11/h2-3,6,9-11H,4-5,7-8H2,1H3,(H,22,23,25). The molecule has 0 spiro atoms. The third-order valence-electron chi connectivity index (χ3n) is 4.44. The number of anilines is 1. The molecule has 4 rings (SSSR count). The number of methoxy groups -OCH3 is 1. The molecule has 0 bridgehead atoms. The molecule has 0 atom stereocenters. The van der Waals surface area contributed by atoms with Gasteiger partial charge in [0.05, 0.1) is 18.9 Å². The lowest BCUT2D eigenvalue weighted by Crippen LogP contribution is -2.24. The number of nitrogens with one attached hydrogen (secondary N) is 1. The van der Waals surface area contributed by atoms with Crippen molar-refractivity contribution in [2.24, 2.45) is 5.92 Å². The number of hydrogen-bond acceptors (Lipinski definition) is 8. The number of rotatable bonds is 6. The second kappa shape index (κ2) is 9.09. The number of pyridine rings is 1. The van der Waals surface area contributed by atoms with Crippen molar-refractivity contribution in [1.29, 1.82) is 0 Å². The Labute approximate surface area is 181 Å². The third-order valence-corrected chi connectivity index (χ3v) is 7.41. The Morgan fingerprint density at radius 1 is 1.31 bits per heavy atom. The molecule has 4 heterocycles. The van der Waals surface area contributed by atoms with E-state index in [2.05, 4.69) is 15.3 Å². The van der Waals surface area contributed by atoms with Crippen molar-refractivity contribution in [3.63, 3.8) is 0 Å². The van der Waals surface area contributed by atoms with E-state index in [1.165, 1.54) is 24.6 Å². The minimum atomic E-state index is -0.477. The van der Waals surface area contributed by atoms with Crippen LogP contribution in [0.5, 0.6) is 5.88 Å². The predicted octanol–water partition coefficient (Wildman–Crippen LogP) is 3.36. The first-order valence-corrected chi connectivity index (χ1v) is 12.1. The molecule has 2 aliphatic rings. The van der Waals surface area contributed by atoms with E-state index in [-0.39, 0.29) is 17.6 Å². The highest BCUT2D eigenvalue weighted by molar-refractivity contribution is 14.2. The maximum Gasteiger partial charge on any atom is 0.259 e. The number of halogens is 1. The first kappa shape index (κ1) is 20.1. The lowest BCUT2D eigenvalue weighted by molar-refractivity contribution is 0.0547. The van der Waals surface area contributed by atoms with Gasteiger partial charge in [-0.05, 0) is 39.6 Å². The van der Waals surface area contributed by atoms with Crippen LogP contribution in [0.4, 0.5) is 5.13 Å². The van der Waals surface area contributed by atoms with Crippen LogP contribution in [0.15, 0.2) is 28.7 Å². The molecule has 0 saturated carbocycles. The van der Waals surface area contributed by atoms with Crippen molar-refractivity contribution in [2.75, 3.05) is 25.6 Å². The quantitative estimate of drug-likeness (QED) is 0.455. The fourth-order valence-electron chi connectivity index (χ4n) is 2.93. The van der Waals surface area contributed by atoms with Crippen LogP contribution in [0.3, 0.4) is 0 Å². The van der Waals surface area contributed by atoms with Crippen molar-refractivity contribution in [2.45, 2.75) is 12.8 Å². The van der Waals surface area contributed by atoms with Crippen LogP contribution in [-0.2, 0) is 9.47 Å². The zero-order valence-corrected chi connectivity index (χ0v) is 18.5. The number of carbonyl (C=O) groups excluding carboxylic acids is 2. The molecule has 2 aromatic rings. The summed E-state index contributed by atoms with van der Waals surface area (Å²) in [6.45, 7) is 1.17. The lowest BCUT2D eigenvalue weighted by atomic mass is 9.94. The molecule has 2 aromatic heterocycles. The number of Topliss-reactive ketones (excluding diaryl/α,β-unsaturated/α-hetero) is 1. The Balaban J connectivity index is 1.58. The average molecular weight is 527 g/mol. The maximum atomic E-state index is 13.1. The topological polar surface area (TPSA) is 99.6 Å². The summed E-state index contributed by atoms with van der Waals surface area (Å²) in [5.74, 6) is 0.0224. The van der Waals surface area contributed by atoms with Crippen molar-refractivity contribution >= 4 is 52.6 Å². The van der Waals surface area contributed by atoms with E-state index in [1.54, 1.807) is 18.4 Å². The molecule has 1 saturated heterocycles. The Morgan fingerprint density at radius 2 is 2.14 bits per heavy atom. The first-order valence-electron chi connectivity index (χ1n) is 8.92. The largest absolute Gasteiger partial charge is 0.481 e. The number of carbonyl (C=O) groups is 2. The summed E-state index contributed by atoms with van der Waals surface area (Å²) in [4.78, 5) is 34.8. The molecular weight excluding hydrogens is 509 g/mol. The molecule has 152 valence electrons. The number of amides is 1. The van der Waals surface area contributed by atoms with E-state index < -0.39 is 20.7 Å². The number of aromatic nitrogens is 2. The summed E-state index contributed by atoms with van der Waals surface area (Å²) in [5.41, 5.74) is 0.922. The van der Waals surface area contributed by atoms with Crippen LogP contribution in [0, 0.1) is 5.92 Å². The van der Waals surface area contributed by atoms with Crippen LogP contribution in [0.1, 0.15) is 38.6 Å². The molecule has 0 aromatic carbocycles. The van der Waals surface area contributed by atoms with Crippen LogP contribution < -0.4 is 10.1 Å². The number of thiazole rings is 1. The minimum Gasteiger partial charge on any atom is -0.481 e. The van der Waals surface area contributed by atoms with Gasteiger partial charge in [-0.3, -0.25) is 14.9 Å². The van der Waals surface area contributed by atoms with Gasteiger partial charge in [-0.15, -0.1) is 0 Å². The van der Waals surface area contributed by atoms with Gasteiger partial charge in [-0.1, -0.05) is 11.3 Å². The predicted molar refractivity (Wildman–Crippen MR) is 117 cm³/mol. The smallest absolute Gasteiger partial charge is 0.259 e. The van der Waals surface area contributed by atoms with Gasteiger partial charge in [0.15, 0.2) is 14.6 Å². The highest BCUT2D eigenvalue weighted by Crippen LogP contribution is 2.32. The Kier molecular flexibility index (Phi) is 6.31. The summed E-state index contributed by atoms with van der Waals surface area (Å²) in [6.07, 6.45) is 4.45. The van der Waals surface area contributed by atoms with E-state index in [0.29, 0.717) is 53.2 Å². The lowest BCUT2D eigenvalue weighted by Gasteiger charge is -2.20. The van der Waals surface area contributed by atoms with E-state index in [1.807, 2.05) is 4.08 Å². The molecule has 2 aliphatic heterocycles. The van der Waals surface area contributed by atoms with Crippen LogP contribution >= 0.6 is 32.1 Å². The fraction of sp³-hybridized carbons (Fsp3) is 0.316. The highest BCUT2D eigenvalue weighted by atomic mass is 127. The van der Waals surface area contributed by atoms with Gasteiger partial charge >= 0.3 is 0 Å². The fourth-order valence-corrected chi connectivity index (χ4v) is 5.68. The number of hydrogen-bond donors (Lipinski definition) is 1. The minimum absolute atomic E-state index is 0.0411. The van der Waals surface area contributed by atoms with Crippen molar-refractivity contribution in [3.05, 3.63) is 44.8 Å². The van der Waals surface area contributed by atoms with Crippen LogP contribution in [0.25, 0.3) is 0 Å².